The molecule has 0 radical (unpaired) electrons. The average Bonchev–Trinajstić information content (AvgIpc) is 2.69. The van der Waals surface area contributed by atoms with Crippen molar-refractivity contribution in [2.75, 3.05) is 5.43 Å². The second-order valence-corrected chi connectivity index (χ2v) is 5.77. The molecule has 0 bridgehead atoms. The zero-order valence-corrected chi connectivity index (χ0v) is 14.5. The third kappa shape index (κ3) is 5.20. The van der Waals surface area contributed by atoms with Crippen LogP contribution in [0.15, 0.2) is 84.0 Å². The van der Waals surface area contributed by atoms with Crippen LogP contribution in [0, 0.1) is 0 Å². The van der Waals surface area contributed by atoms with Crippen LogP contribution in [0.25, 0.3) is 0 Å². The number of benzene rings is 3. The summed E-state index contributed by atoms with van der Waals surface area (Å²) < 4.78 is 43.3. The first-order valence-electron chi connectivity index (χ1n) is 8.25. The van der Waals surface area contributed by atoms with Crippen molar-refractivity contribution in [1.82, 2.24) is 0 Å². The number of nitrogens with zero attached hydrogens (tertiary/aromatic N) is 1. The van der Waals surface area contributed by atoms with E-state index in [0.29, 0.717) is 16.9 Å². The van der Waals surface area contributed by atoms with Gasteiger partial charge in [0.2, 0.25) is 0 Å². The van der Waals surface area contributed by atoms with E-state index in [1.807, 2.05) is 0 Å². The third-order valence-electron chi connectivity index (χ3n) is 3.70. The van der Waals surface area contributed by atoms with Crippen LogP contribution in [-0.4, -0.2) is 12.2 Å². The molecule has 0 fully saturated rings. The van der Waals surface area contributed by atoms with E-state index < -0.39 is 17.7 Å². The summed E-state index contributed by atoms with van der Waals surface area (Å²) in [5.74, 6) is -0.0925. The molecule has 7 heteroatoms. The molecule has 3 aromatic carbocycles. The average molecular weight is 384 g/mol. The standard InChI is InChI=1S/C21H15F3N2O2/c22-21(23,24)17-7-4-8-18(13-17)26-25-14-15-9-11-19(12-10-15)28-20(27)16-5-2-1-3-6-16/h1-14,26H. The summed E-state index contributed by atoms with van der Waals surface area (Å²) in [5, 5.41) is 3.92. The predicted octanol–water partition coefficient (Wildman–Crippen LogP) is 5.37. The molecule has 0 aliphatic rings. The number of hydrogen-bond acceptors (Lipinski definition) is 4. The van der Waals surface area contributed by atoms with E-state index in [2.05, 4.69) is 10.5 Å². The number of hydrogen-bond donors (Lipinski definition) is 1. The molecule has 142 valence electrons. The lowest BCUT2D eigenvalue weighted by Gasteiger charge is -2.08. The van der Waals surface area contributed by atoms with Gasteiger partial charge in [-0.25, -0.2) is 4.79 Å². The molecule has 28 heavy (non-hydrogen) atoms. The van der Waals surface area contributed by atoms with Gasteiger partial charge in [-0.1, -0.05) is 24.3 Å². The summed E-state index contributed by atoms with van der Waals surface area (Å²) >= 11 is 0. The van der Waals surface area contributed by atoms with Crippen LogP contribution in [-0.2, 0) is 6.18 Å². The highest BCUT2D eigenvalue weighted by Crippen LogP contribution is 2.30. The molecule has 0 atom stereocenters. The number of esters is 1. The Morgan fingerprint density at radius 3 is 2.32 bits per heavy atom. The normalized spacial score (nSPS) is 11.4. The minimum absolute atomic E-state index is 0.222. The van der Waals surface area contributed by atoms with Crippen LogP contribution in [0.2, 0.25) is 0 Å². The second kappa shape index (κ2) is 8.39. The Labute approximate surface area is 159 Å². The topological polar surface area (TPSA) is 50.7 Å². The van der Waals surface area contributed by atoms with E-state index in [4.69, 9.17) is 4.74 Å². The van der Waals surface area contributed by atoms with Gasteiger partial charge in [-0.05, 0) is 60.2 Å². The third-order valence-corrected chi connectivity index (χ3v) is 3.70. The van der Waals surface area contributed by atoms with Crippen molar-refractivity contribution in [1.29, 1.82) is 0 Å². The fraction of sp³-hybridized carbons (Fsp3) is 0.0476. The molecule has 0 amide bonds. The molecule has 1 N–H and O–H groups in total. The molecule has 0 aliphatic heterocycles. The Hall–Kier alpha value is -3.61. The maximum atomic E-state index is 12.7. The van der Waals surface area contributed by atoms with Crippen LogP contribution in [0.1, 0.15) is 21.5 Å². The van der Waals surface area contributed by atoms with Crippen LogP contribution < -0.4 is 10.2 Å². The number of carbonyl (C=O) groups excluding carboxylic acids is 1. The Balaban J connectivity index is 1.59. The van der Waals surface area contributed by atoms with Crippen molar-refractivity contribution in [2.24, 2.45) is 5.10 Å². The van der Waals surface area contributed by atoms with E-state index in [1.165, 1.54) is 18.3 Å². The smallest absolute Gasteiger partial charge is 0.416 e. The SMILES string of the molecule is O=C(Oc1ccc(C=NNc2cccc(C(F)(F)F)c2)cc1)c1ccccc1. The van der Waals surface area contributed by atoms with Gasteiger partial charge in [-0.15, -0.1) is 0 Å². The van der Waals surface area contributed by atoms with E-state index in [-0.39, 0.29) is 5.69 Å². The summed E-state index contributed by atoms with van der Waals surface area (Å²) in [7, 11) is 0. The lowest BCUT2D eigenvalue weighted by Crippen LogP contribution is -2.08. The van der Waals surface area contributed by atoms with E-state index in [0.717, 1.165) is 12.1 Å². The molecule has 0 heterocycles. The van der Waals surface area contributed by atoms with Gasteiger partial charge >= 0.3 is 12.1 Å². The van der Waals surface area contributed by atoms with Gasteiger partial charge in [0.1, 0.15) is 5.75 Å². The van der Waals surface area contributed by atoms with Crippen molar-refractivity contribution in [3.8, 4) is 5.75 Å². The monoisotopic (exact) mass is 384 g/mol. The molecule has 0 aliphatic carbocycles. The Kier molecular flexibility index (Phi) is 5.74. The molecular weight excluding hydrogens is 369 g/mol. The summed E-state index contributed by atoms with van der Waals surface area (Å²) in [6.07, 6.45) is -2.96. The number of rotatable bonds is 5. The number of anilines is 1. The van der Waals surface area contributed by atoms with Crippen LogP contribution in [0.3, 0.4) is 0 Å². The maximum Gasteiger partial charge on any atom is 0.416 e. The minimum atomic E-state index is -4.41. The highest BCUT2D eigenvalue weighted by molar-refractivity contribution is 5.91. The van der Waals surface area contributed by atoms with Gasteiger partial charge in [0.15, 0.2) is 0 Å². The number of halogens is 3. The summed E-state index contributed by atoms with van der Waals surface area (Å²) in [6, 6.07) is 19.9. The van der Waals surface area contributed by atoms with Crippen LogP contribution in [0.4, 0.5) is 18.9 Å². The van der Waals surface area contributed by atoms with Crippen molar-refractivity contribution < 1.29 is 22.7 Å². The number of ether oxygens (including phenoxy) is 1. The summed E-state index contributed by atoms with van der Waals surface area (Å²) in [6.45, 7) is 0. The van der Waals surface area contributed by atoms with E-state index >= 15 is 0 Å². The van der Waals surface area contributed by atoms with Gasteiger partial charge in [0.25, 0.3) is 0 Å². The number of nitrogens with one attached hydrogen (secondary N) is 1. The molecule has 0 unspecified atom stereocenters. The fourth-order valence-corrected chi connectivity index (χ4v) is 2.31. The lowest BCUT2D eigenvalue weighted by atomic mass is 10.2. The number of carbonyl (C=O) groups is 1. The van der Waals surface area contributed by atoms with Gasteiger partial charge in [0.05, 0.1) is 23.0 Å². The highest BCUT2D eigenvalue weighted by atomic mass is 19.4. The lowest BCUT2D eigenvalue weighted by molar-refractivity contribution is -0.137. The molecule has 0 saturated carbocycles. The Bertz CT molecular complexity index is 969. The van der Waals surface area contributed by atoms with Crippen molar-refractivity contribution in [3.63, 3.8) is 0 Å². The highest BCUT2D eigenvalue weighted by Gasteiger charge is 2.30. The van der Waals surface area contributed by atoms with E-state index in [9.17, 15) is 18.0 Å². The van der Waals surface area contributed by atoms with Crippen molar-refractivity contribution in [2.45, 2.75) is 6.18 Å². The summed E-state index contributed by atoms with van der Waals surface area (Å²) in [4.78, 5) is 12.0. The first-order chi connectivity index (χ1) is 13.4. The van der Waals surface area contributed by atoms with Crippen molar-refractivity contribution >= 4 is 17.9 Å². The quantitative estimate of drug-likeness (QED) is 0.278. The fourth-order valence-electron chi connectivity index (χ4n) is 2.31. The van der Waals surface area contributed by atoms with Gasteiger partial charge in [-0.2, -0.15) is 18.3 Å². The first-order valence-corrected chi connectivity index (χ1v) is 8.25. The molecule has 0 aromatic heterocycles. The van der Waals surface area contributed by atoms with Crippen LogP contribution >= 0.6 is 0 Å². The zero-order chi connectivity index (χ0) is 20.0. The Morgan fingerprint density at radius 2 is 1.64 bits per heavy atom. The molecule has 0 spiro atoms. The minimum Gasteiger partial charge on any atom is -0.423 e. The molecule has 4 nitrogen and oxygen atoms in total. The number of alkyl halides is 3. The largest absolute Gasteiger partial charge is 0.423 e. The Morgan fingerprint density at radius 1 is 0.929 bits per heavy atom. The predicted molar refractivity (Wildman–Crippen MR) is 101 cm³/mol. The first kappa shape index (κ1) is 19.2. The molecule has 3 aromatic rings. The van der Waals surface area contributed by atoms with Gasteiger partial charge < -0.3 is 4.74 Å². The molecule has 0 saturated heterocycles. The molecule has 3 rings (SSSR count). The molecular formula is C21H15F3N2O2. The van der Waals surface area contributed by atoms with Gasteiger partial charge in [0, 0.05) is 0 Å². The second-order valence-electron chi connectivity index (χ2n) is 5.77. The zero-order valence-electron chi connectivity index (χ0n) is 14.5. The van der Waals surface area contributed by atoms with Crippen molar-refractivity contribution in [3.05, 3.63) is 95.6 Å². The maximum absolute atomic E-state index is 12.7. The van der Waals surface area contributed by atoms with Gasteiger partial charge in [-0.3, -0.25) is 5.43 Å². The summed E-state index contributed by atoms with van der Waals surface area (Å²) in [5.41, 5.74) is 3.15. The van der Waals surface area contributed by atoms with Crippen LogP contribution in [0.5, 0.6) is 5.75 Å². The van der Waals surface area contributed by atoms with E-state index in [1.54, 1.807) is 54.6 Å². The number of hydrazone groups is 1.